The lowest BCUT2D eigenvalue weighted by Gasteiger charge is -2.33. The van der Waals surface area contributed by atoms with E-state index in [4.69, 9.17) is 9.47 Å². The molecule has 0 fully saturated rings. The van der Waals surface area contributed by atoms with Gasteiger partial charge < -0.3 is 9.47 Å². The molecule has 0 saturated carbocycles. The van der Waals surface area contributed by atoms with Crippen LogP contribution in [0.3, 0.4) is 0 Å². The quantitative estimate of drug-likeness (QED) is 0.341. The molecule has 0 amide bonds. The highest BCUT2D eigenvalue weighted by molar-refractivity contribution is 5.88. The van der Waals surface area contributed by atoms with Crippen molar-refractivity contribution < 1.29 is 18.7 Å². The van der Waals surface area contributed by atoms with E-state index in [1.165, 1.54) is 0 Å². The van der Waals surface area contributed by atoms with Crippen LogP contribution < -0.4 is 9.47 Å². The third-order valence-electron chi connectivity index (χ3n) is 4.51. The lowest BCUT2D eigenvalue weighted by atomic mass is 9.86. The second-order valence-corrected chi connectivity index (χ2v) is 7.60. The summed E-state index contributed by atoms with van der Waals surface area (Å²) in [7, 11) is 0. The molecule has 0 spiro atoms. The summed E-state index contributed by atoms with van der Waals surface area (Å²) in [4.78, 5) is 10.9. The van der Waals surface area contributed by atoms with Crippen LogP contribution in [0.15, 0.2) is 24.0 Å². The first kappa shape index (κ1) is 20.2. The molecule has 0 aliphatic carbocycles. The van der Waals surface area contributed by atoms with Crippen LogP contribution in [0.1, 0.15) is 65.5 Å². The van der Waals surface area contributed by atoms with Gasteiger partial charge in [0.25, 0.3) is 0 Å². The number of hydrogen-bond acceptors (Lipinski definition) is 3. The first-order valence-corrected chi connectivity index (χ1v) is 9.25. The van der Waals surface area contributed by atoms with Gasteiger partial charge in [-0.1, -0.05) is 27.2 Å². The van der Waals surface area contributed by atoms with Gasteiger partial charge in [0.2, 0.25) is 0 Å². The van der Waals surface area contributed by atoms with Crippen LogP contribution in [0.2, 0.25) is 0 Å². The van der Waals surface area contributed by atoms with E-state index in [0.29, 0.717) is 17.9 Å². The van der Waals surface area contributed by atoms with Gasteiger partial charge in [0.15, 0.2) is 12.1 Å². The molecule has 4 heteroatoms. The normalized spacial score (nSPS) is 16.4. The lowest BCUT2D eigenvalue weighted by Crippen LogP contribution is -2.30. The molecule has 3 nitrogen and oxygen atoms in total. The SMILES string of the molecule is CCCCOc1cc2c(cc1/C(C)=C(/F)C=O)C(C(C)C)=CC(C)(C)O2. The molecule has 1 aromatic rings. The molecule has 1 aliphatic heterocycles. The molecule has 0 atom stereocenters. The summed E-state index contributed by atoms with van der Waals surface area (Å²) in [6, 6.07) is 3.72. The monoisotopic (exact) mass is 360 g/mol. The van der Waals surface area contributed by atoms with E-state index in [1.807, 2.05) is 26.0 Å². The number of carbonyl (C=O) groups excluding carboxylic acids is 1. The maximum atomic E-state index is 14.0. The molecule has 26 heavy (non-hydrogen) atoms. The Morgan fingerprint density at radius 2 is 2.04 bits per heavy atom. The maximum Gasteiger partial charge on any atom is 0.178 e. The Hall–Kier alpha value is -2.10. The van der Waals surface area contributed by atoms with Crippen LogP contribution in [0, 0.1) is 5.92 Å². The molecular formula is C22H29FO3. The molecule has 0 unspecified atom stereocenters. The van der Waals surface area contributed by atoms with Crippen LogP contribution in [-0.2, 0) is 4.79 Å². The van der Waals surface area contributed by atoms with Crippen LogP contribution in [0.5, 0.6) is 11.5 Å². The van der Waals surface area contributed by atoms with Crippen LogP contribution in [0.4, 0.5) is 4.39 Å². The Kier molecular flexibility index (Phi) is 6.27. The number of carbonyl (C=O) groups is 1. The van der Waals surface area contributed by atoms with Crippen molar-refractivity contribution in [2.24, 2.45) is 5.92 Å². The lowest BCUT2D eigenvalue weighted by molar-refractivity contribution is -0.106. The van der Waals surface area contributed by atoms with Crippen molar-refractivity contribution in [1.82, 2.24) is 0 Å². The van der Waals surface area contributed by atoms with Crippen molar-refractivity contribution in [3.05, 3.63) is 35.2 Å². The molecule has 1 aromatic carbocycles. The predicted molar refractivity (Wildman–Crippen MR) is 104 cm³/mol. The van der Waals surface area contributed by atoms with E-state index in [2.05, 4.69) is 26.8 Å². The number of aldehydes is 1. The van der Waals surface area contributed by atoms with E-state index < -0.39 is 11.4 Å². The highest BCUT2D eigenvalue weighted by Crippen LogP contribution is 2.44. The Labute approximate surface area is 155 Å². The number of ether oxygens (including phenoxy) is 2. The summed E-state index contributed by atoms with van der Waals surface area (Å²) in [5.74, 6) is 0.789. The molecule has 1 aliphatic rings. The number of unbranched alkanes of at least 4 members (excludes halogenated alkanes) is 1. The van der Waals surface area contributed by atoms with Crippen molar-refractivity contribution in [3.8, 4) is 11.5 Å². The summed E-state index contributed by atoms with van der Waals surface area (Å²) >= 11 is 0. The average Bonchev–Trinajstić information content (AvgIpc) is 2.58. The molecule has 142 valence electrons. The Morgan fingerprint density at radius 3 is 2.62 bits per heavy atom. The zero-order chi connectivity index (χ0) is 19.5. The fraction of sp³-hybridized carbons (Fsp3) is 0.500. The molecule has 0 aromatic heterocycles. The van der Waals surface area contributed by atoms with Gasteiger partial charge >= 0.3 is 0 Å². The summed E-state index contributed by atoms with van der Waals surface area (Å²) in [6.07, 6.45) is 4.25. The second kappa shape index (κ2) is 8.07. The zero-order valence-electron chi connectivity index (χ0n) is 16.6. The van der Waals surface area contributed by atoms with Crippen LogP contribution in [0.25, 0.3) is 11.1 Å². The van der Waals surface area contributed by atoms with Gasteiger partial charge in [-0.15, -0.1) is 0 Å². The minimum absolute atomic E-state index is 0.239. The van der Waals surface area contributed by atoms with Crippen molar-refractivity contribution in [2.45, 2.75) is 60.0 Å². The Balaban J connectivity index is 2.64. The van der Waals surface area contributed by atoms with Crippen molar-refractivity contribution in [1.29, 1.82) is 0 Å². The molecule has 0 N–H and O–H groups in total. The zero-order valence-corrected chi connectivity index (χ0v) is 16.6. The molecule has 0 bridgehead atoms. The van der Waals surface area contributed by atoms with E-state index >= 15 is 0 Å². The Morgan fingerprint density at radius 1 is 1.35 bits per heavy atom. The van der Waals surface area contributed by atoms with Crippen molar-refractivity contribution in [3.63, 3.8) is 0 Å². The summed E-state index contributed by atoms with van der Waals surface area (Å²) < 4.78 is 26.0. The highest BCUT2D eigenvalue weighted by Gasteiger charge is 2.29. The summed E-state index contributed by atoms with van der Waals surface area (Å²) in [6.45, 7) is 12.5. The predicted octanol–water partition coefficient (Wildman–Crippen LogP) is 5.98. The van der Waals surface area contributed by atoms with Gasteiger partial charge in [0.05, 0.1) is 6.61 Å². The number of rotatable bonds is 7. The Bertz CT molecular complexity index is 742. The van der Waals surface area contributed by atoms with Gasteiger partial charge in [0.1, 0.15) is 17.1 Å². The highest BCUT2D eigenvalue weighted by atomic mass is 19.1. The number of allylic oxidation sites excluding steroid dienone is 3. The third-order valence-corrected chi connectivity index (χ3v) is 4.51. The summed E-state index contributed by atoms with van der Waals surface area (Å²) in [5, 5.41) is 0. The number of halogens is 1. The maximum absolute atomic E-state index is 14.0. The molecule has 0 saturated heterocycles. The average molecular weight is 360 g/mol. The topological polar surface area (TPSA) is 35.5 Å². The standard InChI is InChI=1S/C22H29FO3/c1-7-8-9-25-20-11-21-17(10-16(20)15(4)19(23)13-24)18(14(2)3)12-22(5,6)26-21/h10-14H,7-9H2,1-6H3/b19-15+. The van der Waals surface area contributed by atoms with Gasteiger partial charge in [-0.3, -0.25) is 4.79 Å². The molecular weight excluding hydrogens is 331 g/mol. The largest absolute Gasteiger partial charge is 0.493 e. The van der Waals surface area contributed by atoms with E-state index in [1.54, 1.807) is 6.92 Å². The summed E-state index contributed by atoms with van der Waals surface area (Å²) in [5.41, 5.74) is 2.53. The second-order valence-electron chi connectivity index (χ2n) is 7.60. The van der Waals surface area contributed by atoms with Gasteiger partial charge in [-0.2, -0.15) is 0 Å². The van der Waals surface area contributed by atoms with E-state index in [-0.39, 0.29) is 17.8 Å². The minimum atomic E-state index is -0.780. The fourth-order valence-corrected chi connectivity index (χ4v) is 3.07. The first-order chi connectivity index (χ1) is 12.2. The third kappa shape index (κ3) is 4.35. The van der Waals surface area contributed by atoms with Gasteiger partial charge in [-0.25, -0.2) is 4.39 Å². The number of hydrogen-bond donors (Lipinski definition) is 0. The van der Waals surface area contributed by atoms with E-state index in [0.717, 1.165) is 29.7 Å². The smallest absolute Gasteiger partial charge is 0.178 e. The number of fused-ring (bicyclic) bond motifs is 1. The van der Waals surface area contributed by atoms with Crippen molar-refractivity contribution in [2.75, 3.05) is 6.61 Å². The van der Waals surface area contributed by atoms with Crippen LogP contribution >= 0.6 is 0 Å². The van der Waals surface area contributed by atoms with Crippen LogP contribution in [-0.4, -0.2) is 18.5 Å². The van der Waals surface area contributed by atoms with Gasteiger partial charge in [-0.05, 0) is 56.4 Å². The van der Waals surface area contributed by atoms with E-state index in [9.17, 15) is 9.18 Å². The fourth-order valence-electron chi connectivity index (χ4n) is 3.07. The molecule has 1 heterocycles. The van der Waals surface area contributed by atoms with Gasteiger partial charge in [0, 0.05) is 17.2 Å². The minimum Gasteiger partial charge on any atom is -0.493 e. The van der Waals surface area contributed by atoms with Crippen molar-refractivity contribution >= 4 is 17.4 Å². The molecule has 2 rings (SSSR count). The molecule has 0 radical (unpaired) electrons. The number of benzene rings is 1. The first-order valence-electron chi connectivity index (χ1n) is 9.25.